The SMILES string of the molecule is Clc1nc(-c2cc(-c3ccccc3)cc(-c3ccccc3)c2)c2sc3ccccc3c2n1.Clc1nc(-c2ccc(-c3ccccc3)cc2)c2sc3ccccc3c2n1.Clc1nc(-c2ccc3ccccc3c2)c2sc3ccccc3c2n1.Clc1nc(-c2cccc(-c3ccccc3)c2)c2sc3ccccc3c2n1.Clc1nc(-c2cccc3ccccc23)c2sc3ccccc3c2n1. The van der Waals surface area contributed by atoms with Gasteiger partial charge in [0.2, 0.25) is 26.4 Å². The molecule has 0 unspecified atom stereocenters. The number of nitrogens with zero attached hydrogens (tertiary/aromatic N) is 10. The third-order valence-electron chi connectivity index (χ3n) is 23.0. The molecule has 26 rings (SSSR count). The predicted octanol–water partition coefficient (Wildman–Crippen LogP) is 34.8. The number of halogens is 5. The Morgan fingerprint density at radius 1 is 0.152 bits per heavy atom. The van der Waals surface area contributed by atoms with E-state index >= 15 is 0 Å². The number of benzene rings is 16. The van der Waals surface area contributed by atoms with Gasteiger partial charge in [-0.05, 0) is 185 Å². The smallest absolute Gasteiger partial charge is 0.216 e. The first-order valence-corrected chi connectivity index (χ1v) is 48.2. The summed E-state index contributed by atoms with van der Waals surface area (Å²) in [5.41, 5.74) is 23.7. The molecule has 0 aliphatic rings. The number of fused-ring (bicyclic) bond motifs is 17. The maximum Gasteiger partial charge on any atom is 0.223 e. The molecule has 0 aliphatic heterocycles. The van der Waals surface area contributed by atoms with Crippen molar-refractivity contribution < 1.29 is 0 Å². The maximum absolute atomic E-state index is 6.43. The summed E-state index contributed by atoms with van der Waals surface area (Å²) in [5, 5.41) is 11.8. The topological polar surface area (TPSA) is 129 Å². The van der Waals surface area contributed by atoms with Gasteiger partial charge in [0.15, 0.2) is 0 Å². The molecular formula is C112H65Cl5N10S5. The Labute approximate surface area is 801 Å². The summed E-state index contributed by atoms with van der Waals surface area (Å²) in [6.07, 6.45) is 0. The van der Waals surface area contributed by atoms with E-state index in [1.807, 2.05) is 121 Å². The van der Waals surface area contributed by atoms with Gasteiger partial charge in [-0.2, -0.15) is 0 Å². The summed E-state index contributed by atoms with van der Waals surface area (Å²) >= 11 is 40.0. The average Bonchev–Trinajstić information content (AvgIpc) is 1.62. The molecule has 16 aromatic carbocycles. The molecule has 628 valence electrons. The van der Waals surface area contributed by atoms with Crippen molar-refractivity contribution in [2.24, 2.45) is 0 Å². The molecule has 0 amide bonds. The molecule has 0 N–H and O–H groups in total. The Morgan fingerprint density at radius 3 is 0.818 bits per heavy atom. The van der Waals surface area contributed by atoms with Crippen LogP contribution in [0.3, 0.4) is 0 Å². The molecule has 10 nitrogen and oxygen atoms in total. The van der Waals surface area contributed by atoms with Crippen molar-refractivity contribution in [3.63, 3.8) is 0 Å². The minimum atomic E-state index is 0.266. The van der Waals surface area contributed by atoms with Crippen LogP contribution in [0.15, 0.2) is 394 Å². The molecule has 0 bridgehead atoms. The van der Waals surface area contributed by atoms with Crippen molar-refractivity contribution in [2.75, 3.05) is 0 Å². The lowest BCUT2D eigenvalue weighted by molar-refractivity contribution is 1.23. The zero-order valence-corrected chi connectivity index (χ0v) is 77.3. The van der Waals surface area contributed by atoms with E-state index in [9.17, 15) is 0 Å². The summed E-state index contributed by atoms with van der Waals surface area (Å²) in [6, 6.07) is 136. The molecule has 132 heavy (non-hydrogen) atoms. The molecule has 0 spiro atoms. The van der Waals surface area contributed by atoms with Gasteiger partial charge in [-0.25, -0.2) is 49.8 Å². The molecule has 0 aliphatic carbocycles. The van der Waals surface area contributed by atoms with Crippen molar-refractivity contribution in [1.29, 1.82) is 0 Å². The summed E-state index contributed by atoms with van der Waals surface area (Å²) in [4.78, 5) is 45.4. The van der Waals surface area contributed by atoms with Gasteiger partial charge in [-0.15, -0.1) is 56.7 Å². The quantitative estimate of drug-likeness (QED) is 0.129. The largest absolute Gasteiger partial charge is 0.223 e. The Balaban J connectivity index is 0.0000000968. The van der Waals surface area contributed by atoms with Gasteiger partial charge in [0.05, 0.1) is 79.6 Å². The van der Waals surface area contributed by atoms with Crippen molar-refractivity contribution in [3.8, 4) is 101 Å². The predicted molar refractivity (Wildman–Crippen MR) is 564 cm³/mol. The van der Waals surface area contributed by atoms with Gasteiger partial charge in [0.1, 0.15) is 0 Å². The minimum absolute atomic E-state index is 0.266. The van der Waals surface area contributed by atoms with Crippen molar-refractivity contribution in [2.45, 2.75) is 0 Å². The van der Waals surface area contributed by atoms with E-state index in [1.165, 1.54) is 72.9 Å². The third kappa shape index (κ3) is 16.8. The highest BCUT2D eigenvalue weighted by atomic mass is 35.5. The van der Waals surface area contributed by atoms with Crippen LogP contribution in [0.4, 0.5) is 0 Å². The first-order chi connectivity index (χ1) is 64.9. The lowest BCUT2D eigenvalue weighted by atomic mass is 9.95. The minimum Gasteiger partial charge on any atom is -0.216 e. The number of hydrogen-bond acceptors (Lipinski definition) is 15. The fourth-order valence-electron chi connectivity index (χ4n) is 16.8. The van der Waals surface area contributed by atoms with Crippen LogP contribution >= 0.6 is 115 Å². The monoisotopic (exact) mass is 1880 g/mol. The Bertz CT molecular complexity index is 8820. The molecule has 0 atom stereocenters. The van der Waals surface area contributed by atoms with E-state index in [1.54, 1.807) is 56.7 Å². The fourth-order valence-corrected chi connectivity index (χ4v) is 23.4. The van der Waals surface area contributed by atoms with Crippen LogP contribution in [-0.4, -0.2) is 49.8 Å². The molecule has 0 saturated heterocycles. The van der Waals surface area contributed by atoms with Gasteiger partial charge >= 0.3 is 0 Å². The van der Waals surface area contributed by atoms with Gasteiger partial charge in [0.25, 0.3) is 0 Å². The Hall–Kier alpha value is -14.0. The van der Waals surface area contributed by atoms with E-state index in [-0.39, 0.29) is 26.4 Å². The number of hydrogen-bond donors (Lipinski definition) is 0. The molecule has 20 heteroatoms. The molecule has 26 aromatic rings. The standard InChI is InChI=1S/C28H17ClN2S.2C22H13ClN2S.2C20H11ClN2S/c29-28-30-25(27-26(31-28)23-13-7-8-14-24(23)32-27)22-16-20(18-9-3-1-4-10-18)15-21(17-22)19-11-5-2-6-12-19;23-22-24-19(21-20(25-22)17-11-4-5-12-18(17)26-21)16-10-6-9-15(13-16)14-7-2-1-3-8-14;23-22-24-19(21-20(25-22)17-8-4-5-9-18(17)26-21)16-12-10-15(11-13-16)14-6-2-1-3-7-14;21-20-22-17(14-10-5-7-12-6-1-2-8-13(12)14)19-18(23-20)15-9-3-4-11-16(15)24-19;21-20-22-17(14-10-9-12-5-1-2-6-13(12)11-14)19-18(23-20)15-7-3-4-8-16(15)24-19/h1-17H;2*1-13H;2*1-11H. The van der Waals surface area contributed by atoms with Gasteiger partial charge in [-0.1, -0.05) is 334 Å². The molecule has 10 heterocycles. The van der Waals surface area contributed by atoms with Crippen LogP contribution in [0.25, 0.3) is 224 Å². The van der Waals surface area contributed by atoms with Crippen LogP contribution in [0, 0.1) is 0 Å². The second kappa shape index (κ2) is 36.7. The highest BCUT2D eigenvalue weighted by molar-refractivity contribution is 7.28. The number of thiophene rings is 5. The van der Waals surface area contributed by atoms with E-state index in [4.69, 9.17) is 63.0 Å². The zero-order chi connectivity index (χ0) is 88.7. The summed E-state index contributed by atoms with van der Waals surface area (Å²) in [5.74, 6) is 0. The first-order valence-electron chi connectivity index (χ1n) is 42.2. The van der Waals surface area contributed by atoms with Crippen molar-refractivity contribution >= 4 is 238 Å². The highest BCUT2D eigenvalue weighted by Crippen LogP contribution is 2.47. The number of aromatic nitrogens is 10. The van der Waals surface area contributed by atoms with Crippen LogP contribution in [-0.2, 0) is 0 Å². The van der Waals surface area contributed by atoms with Gasteiger partial charge < -0.3 is 0 Å². The zero-order valence-electron chi connectivity index (χ0n) is 69.4. The number of rotatable bonds is 9. The normalized spacial score (nSPS) is 11.4. The lowest BCUT2D eigenvalue weighted by Gasteiger charge is -2.11. The second-order valence-electron chi connectivity index (χ2n) is 31.1. The highest BCUT2D eigenvalue weighted by Gasteiger charge is 2.23. The van der Waals surface area contributed by atoms with Crippen LogP contribution in [0.1, 0.15) is 0 Å². The second-order valence-corrected chi connectivity index (χ2v) is 38.0. The summed E-state index contributed by atoms with van der Waals surface area (Å²) < 4.78 is 11.3. The first kappa shape index (κ1) is 83.6. The van der Waals surface area contributed by atoms with Gasteiger partial charge in [-0.3, -0.25) is 0 Å². The van der Waals surface area contributed by atoms with Crippen molar-refractivity contribution in [3.05, 3.63) is 421 Å². The van der Waals surface area contributed by atoms with E-state index < -0.39 is 0 Å². The summed E-state index contributed by atoms with van der Waals surface area (Å²) in [6.45, 7) is 0. The van der Waals surface area contributed by atoms with E-state index in [0.29, 0.717) is 0 Å². The summed E-state index contributed by atoms with van der Waals surface area (Å²) in [7, 11) is 0. The van der Waals surface area contributed by atoms with E-state index in [0.717, 1.165) is 151 Å². The molecule has 0 fully saturated rings. The fraction of sp³-hybridized carbons (Fsp3) is 0. The average molecular weight is 1890 g/mol. The Kier molecular flexibility index (Phi) is 23.3. The molecular weight excluding hydrogens is 1820 g/mol. The molecule has 10 aromatic heterocycles. The van der Waals surface area contributed by atoms with Crippen LogP contribution < -0.4 is 0 Å². The molecule has 0 saturated carbocycles. The van der Waals surface area contributed by atoms with Gasteiger partial charge in [0, 0.05) is 78.2 Å². The third-order valence-corrected chi connectivity index (χ3v) is 29.6. The van der Waals surface area contributed by atoms with Crippen molar-refractivity contribution in [1.82, 2.24) is 49.8 Å². The Morgan fingerprint density at radius 2 is 0.402 bits per heavy atom. The van der Waals surface area contributed by atoms with Crippen LogP contribution in [0.2, 0.25) is 26.4 Å². The lowest BCUT2D eigenvalue weighted by Crippen LogP contribution is -1.91. The van der Waals surface area contributed by atoms with E-state index in [2.05, 4.69) is 318 Å². The maximum atomic E-state index is 6.43. The molecule has 0 radical (unpaired) electrons. The van der Waals surface area contributed by atoms with Crippen LogP contribution in [0.5, 0.6) is 0 Å².